The zero-order chi connectivity index (χ0) is 10.6. The second-order valence-corrected chi connectivity index (χ2v) is 4.67. The van der Waals surface area contributed by atoms with E-state index in [2.05, 4.69) is 6.92 Å². The molecule has 1 amide bonds. The molecule has 0 spiro atoms. The second kappa shape index (κ2) is 5.24. The molecule has 1 saturated heterocycles. The van der Waals surface area contributed by atoms with Crippen LogP contribution in [0.2, 0.25) is 0 Å². The highest BCUT2D eigenvalue weighted by Gasteiger charge is 2.33. The lowest BCUT2D eigenvalue weighted by atomic mass is 10.1. The molecule has 1 fully saturated rings. The van der Waals surface area contributed by atoms with Crippen LogP contribution >= 0.6 is 11.8 Å². The smallest absolute Gasteiger partial charge is 0.308 e. The molecule has 0 bridgehead atoms. The fourth-order valence-electron chi connectivity index (χ4n) is 1.47. The Labute approximate surface area is 87.7 Å². The second-order valence-electron chi connectivity index (χ2n) is 3.28. The van der Waals surface area contributed by atoms with E-state index < -0.39 is 11.9 Å². The normalized spacial score (nSPS) is 21.6. The van der Waals surface area contributed by atoms with Gasteiger partial charge in [-0.05, 0) is 5.75 Å². The molecular weight excluding hydrogens is 202 g/mol. The molecule has 4 nitrogen and oxygen atoms in total. The van der Waals surface area contributed by atoms with Crippen molar-refractivity contribution >= 4 is 23.6 Å². The SMILES string of the molecule is CCSCCN1CC(C(=O)O)CC1=O. The first-order valence-corrected chi connectivity index (χ1v) is 5.89. The summed E-state index contributed by atoms with van der Waals surface area (Å²) in [6.45, 7) is 3.14. The third kappa shape index (κ3) is 2.90. The Bertz CT molecular complexity index is 232. The third-order valence-corrected chi connectivity index (χ3v) is 3.15. The summed E-state index contributed by atoms with van der Waals surface area (Å²) < 4.78 is 0. The van der Waals surface area contributed by atoms with E-state index in [1.165, 1.54) is 0 Å². The summed E-state index contributed by atoms with van der Waals surface area (Å²) in [5.41, 5.74) is 0. The van der Waals surface area contributed by atoms with Crippen molar-refractivity contribution in [3.63, 3.8) is 0 Å². The minimum Gasteiger partial charge on any atom is -0.481 e. The molecule has 0 aromatic heterocycles. The maximum Gasteiger partial charge on any atom is 0.308 e. The van der Waals surface area contributed by atoms with Gasteiger partial charge in [-0.15, -0.1) is 0 Å². The molecule has 1 unspecified atom stereocenters. The summed E-state index contributed by atoms with van der Waals surface area (Å²) in [6, 6.07) is 0. The lowest BCUT2D eigenvalue weighted by Gasteiger charge is -2.14. The molecule has 0 aromatic carbocycles. The Balaban J connectivity index is 2.33. The van der Waals surface area contributed by atoms with Gasteiger partial charge in [-0.1, -0.05) is 6.92 Å². The largest absolute Gasteiger partial charge is 0.481 e. The predicted molar refractivity (Wildman–Crippen MR) is 55.3 cm³/mol. The fourth-order valence-corrected chi connectivity index (χ4v) is 2.11. The highest BCUT2D eigenvalue weighted by molar-refractivity contribution is 7.99. The Hall–Kier alpha value is -0.710. The van der Waals surface area contributed by atoms with Crippen LogP contribution in [0.15, 0.2) is 0 Å². The van der Waals surface area contributed by atoms with E-state index in [1.807, 2.05) is 0 Å². The van der Waals surface area contributed by atoms with Crippen LogP contribution in [-0.2, 0) is 9.59 Å². The molecule has 1 heterocycles. The van der Waals surface area contributed by atoms with Crippen molar-refractivity contribution in [1.29, 1.82) is 0 Å². The van der Waals surface area contributed by atoms with Gasteiger partial charge in [0.1, 0.15) is 0 Å². The lowest BCUT2D eigenvalue weighted by molar-refractivity contribution is -0.141. The maximum atomic E-state index is 11.3. The van der Waals surface area contributed by atoms with E-state index in [1.54, 1.807) is 16.7 Å². The number of likely N-dealkylation sites (tertiary alicyclic amines) is 1. The van der Waals surface area contributed by atoms with Gasteiger partial charge in [-0.2, -0.15) is 11.8 Å². The third-order valence-electron chi connectivity index (χ3n) is 2.27. The van der Waals surface area contributed by atoms with E-state index in [9.17, 15) is 9.59 Å². The first-order valence-electron chi connectivity index (χ1n) is 4.73. The number of aliphatic carboxylic acids is 1. The van der Waals surface area contributed by atoms with Crippen LogP contribution in [0.4, 0.5) is 0 Å². The van der Waals surface area contributed by atoms with Crippen molar-refractivity contribution in [3.8, 4) is 0 Å². The van der Waals surface area contributed by atoms with Crippen LogP contribution in [0.25, 0.3) is 0 Å². The van der Waals surface area contributed by atoms with Gasteiger partial charge < -0.3 is 10.0 Å². The minimum atomic E-state index is -0.857. The van der Waals surface area contributed by atoms with Gasteiger partial charge in [0.05, 0.1) is 5.92 Å². The standard InChI is InChI=1S/C9H15NO3S/c1-2-14-4-3-10-6-7(9(12)13)5-8(10)11/h7H,2-6H2,1H3,(H,12,13). The van der Waals surface area contributed by atoms with Crippen LogP contribution in [0.1, 0.15) is 13.3 Å². The van der Waals surface area contributed by atoms with Crippen LogP contribution in [0, 0.1) is 5.92 Å². The Morgan fingerprint density at radius 1 is 1.71 bits per heavy atom. The van der Waals surface area contributed by atoms with Crippen LogP contribution < -0.4 is 0 Å². The van der Waals surface area contributed by atoms with E-state index in [4.69, 9.17) is 5.11 Å². The van der Waals surface area contributed by atoms with E-state index in [-0.39, 0.29) is 12.3 Å². The van der Waals surface area contributed by atoms with Crippen LogP contribution in [0.3, 0.4) is 0 Å². The zero-order valence-electron chi connectivity index (χ0n) is 8.23. The molecule has 1 N–H and O–H groups in total. The summed E-state index contributed by atoms with van der Waals surface area (Å²) in [7, 11) is 0. The number of carboxylic acid groups (broad SMARTS) is 1. The summed E-state index contributed by atoms with van der Waals surface area (Å²) in [4.78, 5) is 23.6. The molecule has 1 atom stereocenters. The van der Waals surface area contributed by atoms with Crippen molar-refractivity contribution in [2.75, 3.05) is 24.6 Å². The molecular formula is C9H15NO3S. The molecule has 80 valence electrons. The summed E-state index contributed by atoms with van der Waals surface area (Å²) in [5.74, 6) is 0.561. The van der Waals surface area contributed by atoms with E-state index in [0.29, 0.717) is 13.1 Å². The topological polar surface area (TPSA) is 57.6 Å². The van der Waals surface area contributed by atoms with E-state index in [0.717, 1.165) is 11.5 Å². The highest BCUT2D eigenvalue weighted by Crippen LogP contribution is 2.18. The summed E-state index contributed by atoms with van der Waals surface area (Å²) >= 11 is 1.77. The summed E-state index contributed by atoms with van der Waals surface area (Å²) in [6.07, 6.45) is 0.173. The zero-order valence-corrected chi connectivity index (χ0v) is 9.05. The van der Waals surface area contributed by atoms with Crippen molar-refractivity contribution in [3.05, 3.63) is 0 Å². The highest BCUT2D eigenvalue weighted by atomic mass is 32.2. The number of carbonyl (C=O) groups excluding carboxylic acids is 1. The van der Waals surface area contributed by atoms with E-state index >= 15 is 0 Å². The summed E-state index contributed by atoms with van der Waals surface area (Å²) in [5, 5.41) is 8.74. The molecule has 0 saturated carbocycles. The average molecular weight is 217 g/mol. The monoisotopic (exact) mass is 217 g/mol. The Morgan fingerprint density at radius 3 is 2.93 bits per heavy atom. The average Bonchev–Trinajstić information content (AvgIpc) is 2.49. The number of carbonyl (C=O) groups is 2. The Kier molecular flexibility index (Phi) is 4.25. The lowest BCUT2D eigenvalue weighted by Crippen LogP contribution is -2.28. The number of nitrogens with zero attached hydrogens (tertiary/aromatic N) is 1. The minimum absolute atomic E-state index is 0.0193. The molecule has 1 rings (SSSR count). The number of hydrogen-bond donors (Lipinski definition) is 1. The predicted octanol–water partition coefficient (Wildman–Crippen LogP) is 0.673. The molecule has 1 aliphatic rings. The number of hydrogen-bond acceptors (Lipinski definition) is 3. The first kappa shape index (κ1) is 11.4. The Morgan fingerprint density at radius 2 is 2.43 bits per heavy atom. The van der Waals surface area contributed by atoms with Gasteiger partial charge in [0.15, 0.2) is 0 Å². The van der Waals surface area contributed by atoms with Crippen LogP contribution in [-0.4, -0.2) is 46.5 Å². The van der Waals surface area contributed by atoms with Gasteiger partial charge in [-0.25, -0.2) is 0 Å². The number of amides is 1. The first-order chi connectivity index (χ1) is 6.65. The van der Waals surface area contributed by atoms with Gasteiger partial charge in [0.25, 0.3) is 0 Å². The van der Waals surface area contributed by atoms with Gasteiger partial charge in [0, 0.05) is 25.3 Å². The number of carboxylic acids is 1. The molecule has 0 aliphatic carbocycles. The fraction of sp³-hybridized carbons (Fsp3) is 0.778. The maximum absolute atomic E-state index is 11.3. The molecule has 0 aromatic rings. The van der Waals surface area contributed by atoms with Gasteiger partial charge in [0.2, 0.25) is 5.91 Å². The van der Waals surface area contributed by atoms with Crippen molar-refractivity contribution in [2.24, 2.45) is 5.92 Å². The van der Waals surface area contributed by atoms with Crippen molar-refractivity contribution < 1.29 is 14.7 Å². The van der Waals surface area contributed by atoms with Crippen molar-refractivity contribution in [1.82, 2.24) is 4.90 Å². The van der Waals surface area contributed by atoms with Gasteiger partial charge >= 0.3 is 5.97 Å². The van der Waals surface area contributed by atoms with Gasteiger partial charge in [-0.3, -0.25) is 9.59 Å². The quantitative estimate of drug-likeness (QED) is 0.688. The number of thioether (sulfide) groups is 1. The van der Waals surface area contributed by atoms with Crippen molar-refractivity contribution in [2.45, 2.75) is 13.3 Å². The molecule has 14 heavy (non-hydrogen) atoms. The number of rotatable bonds is 5. The van der Waals surface area contributed by atoms with Crippen LogP contribution in [0.5, 0.6) is 0 Å². The molecule has 5 heteroatoms. The molecule has 0 radical (unpaired) electrons. The molecule has 1 aliphatic heterocycles.